The molecule has 2 aliphatic carbocycles. The van der Waals surface area contributed by atoms with Crippen molar-refractivity contribution < 1.29 is 9.53 Å². The Kier molecular flexibility index (Phi) is 3.03. The lowest BCUT2D eigenvalue weighted by Crippen LogP contribution is -2.39. The first-order valence-electron chi connectivity index (χ1n) is 6.27. The van der Waals surface area contributed by atoms with Crippen molar-refractivity contribution in [3.63, 3.8) is 0 Å². The topological polar surface area (TPSA) is 26.3 Å². The van der Waals surface area contributed by atoms with Crippen LogP contribution < -0.4 is 0 Å². The molecule has 2 heteroatoms. The molecule has 0 amide bonds. The first-order valence-corrected chi connectivity index (χ1v) is 6.27. The molecule has 0 aromatic heterocycles. The fourth-order valence-corrected chi connectivity index (χ4v) is 3.47. The molecular weight excluding hydrogens is 188 g/mol. The highest BCUT2D eigenvalue weighted by molar-refractivity contribution is 5.66. The Hall–Kier alpha value is -0.530. The van der Waals surface area contributed by atoms with Crippen LogP contribution in [0, 0.1) is 11.3 Å². The molecule has 0 aliphatic heterocycles. The zero-order chi connectivity index (χ0) is 10.9. The van der Waals surface area contributed by atoms with E-state index in [0.29, 0.717) is 5.41 Å². The first kappa shape index (κ1) is 11.0. The number of rotatable bonds is 1. The van der Waals surface area contributed by atoms with Crippen molar-refractivity contribution in [3.05, 3.63) is 0 Å². The van der Waals surface area contributed by atoms with E-state index in [0.717, 1.165) is 18.8 Å². The lowest BCUT2D eigenvalue weighted by Gasteiger charge is -2.47. The summed E-state index contributed by atoms with van der Waals surface area (Å²) >= 11 is 0. The van der Waals surface area contributed by atoms with Gasteiger partial charge in [0, 0.05) is 6.92 Å². The second-order valence-corrected chi connectivity index (χ2v) is 5.60. The summed E-state index contributed by atoms with van der Waals surface area (Å²) in [6, 6.07) is 0. The van der Waals surface area contributed by atoms with Gasteiger partial charge in [0.25, 0.3) is 0 Å². The average molecular weight is 210 g/mol. The highest BCUT2D eigenvalue weighted by atomic mass is 16.5. The monoisotopic (exact) mass is 210 g/mol. The minimum Gasteiger partial charge on any atom is -0.463 e. The molecule has 0 N–H and O–H groups in total. The van der Waals surface area contributed by atoms with Crippen LogP contribution in [0.2, 0.25) is 0 Å². The number of ether oxygens (including phenoxy) is 1. The third-order valence-electron chi connectivity index (χ3n) is 4.45. The minimum atomic E-state index is -0.112. The summed E-state index contributed by atoms with van der Waals surface area (Å²) in [5, 5.41) is 0. The summed E-state index contributed by atoms with van der Waals surface area (Å²) in [6.07, 6.45) is 9.12. The van der Waals surface area contributed by atoms with Gasteiger partial charge in [0.1, 0.15) is 6.10 Å². The molecule has 2 nitrogen and oxygen atoms in total. The van der Waals surface area contributed by atoms with Crippen LogP contribution in [0.15, 0.2) is 0 Å². The standard InChI is InChI=1S/C13H22O2/c1-10(14)15-12-6-8-13(2)7-4-3-5-11(13)9-12/h11-12H,3-9H2,1-2H3/t11-,12-,13+/m1/s1. The van der Waals surface area contributed by atoms with Gasteiger partial charge in [-0.2, -0.15) is 0 Å². The van der Waals surface area contributed by atoms with Gasteiger partial charge in [0.15, 0.2) is 0 Å². The molecule has 2 fully saturated rings. The smallest absolute Gasteiger partial charge is 0.302 e. The number of hydrogen-bond acceptors (Lipinski definition) is 2. The Morgan fingerprint density at radius 3 is 2.80 bits per heavy atom. The molecule has 0 bridgehead atoms. The van der Waals surface area contributed by atoms with Gasteiger partial charge < -0.3 is 4.74 Å². The van der Waals surface area contributed by atoms with Crippen molar-refractivity contribution in [1.29, 1.82) is 0 Å². The number of hydrogen-bond donors (Lipinski definition) is 0. The van der Waals surface area contributed by atoms with Crippen molar-refractivity contribution in [1.82, 2.24) is 0 Å². The van der Waals surface area contributed by atoms with Gasteiger partial charge in [0.2, 0.25) is 0 Å². The molecule has 0 aromatic carbocycles. The molecule has 0 saturated heterocycles. The number of fused-ring (bicyclic) bond motifs is 1. The van der Waals surface area contributed by atoms with Crippen molar-refractivity contribution in [2.45, 2.75) is 64.9 Å². The maximum atomic E-state index is 10.9. The molecule has 0 unspecified atom stereocenters. The van der Waals surface area contributed by atoms with Crippen LogP contribution in [0.4, 0.5) is 0 Å². The lowest BCUT2D eigenvalue weighted by atomic mass is 9.60. The zero-order valence-electron chi connectivity index (χ0n) is 9.92. The molecule has 0 heterocycles. The zero-order valence-corrected chi connectivity index (χ0v) is 9.92. The third kappa shape index (κ3) is 2.35. The summed E-state index contributed by atoms with van der Waals surface area (Å²) < 4.78 is 5.35. The van der Waals surface area contributed by atoms with Crippen LogP contribution in [-0.4, -0.2) is 12.1 Å². The van der Waals surface area contributed by atoms with Gasteiger partial charge in [-0.3, -0.25) is 4.79 Å². The number of esters is 1. The summed E-state index contributed by atoms with van der Waals surface area (Å²) in [5.41, 5.74) is 0.550. The molecule has 3 atom stereocenters. The average Bonchev–Trinajstić information content (AvgIpc) is 2.17. The molecule has 0 radical (unpaired) electrons. The lowest BCUT2D eigenvalue weighted by molar-refractivity contribution is -0.151. The van der Waals surface area contributed by atoms with Crippen molar-refractivity contribution in [2.24, 2.45) is 11.3 Å². The normalized spacial score (nSPS) is 40.7. The SMILES string of the molecule is CC(=O)O[C@@H]1CC[C@]2(C)CCCC[C@@H]2C1. The van der Waals surface area contributed by atoms with Gasteiger partial charge in [-0.05, 0) is 43.4 Å². The minimum absolute atomic E-state index is 0.112. The number of carbonyl (C=O) groups excluding carboxylic acids is 1. The summed E-state index contributed by atoms with van der Waals surface area (Å²) in [6.45, 7) is 3.95. The van der Waals surface area contributed by atoms with E-state index in [4.69, 9.17) is 4.74 Å². The van der Waals surface area contributed by atoms with E-state index >= 15 is 0 Å². The maximum absolute atomic E-state index is 10.9. The van der Waals surface area contributed by atoms with E-state index in [1.54, 1.807) is 0 Å². The highest BCUT2D eigenvalue weighted by Crippen LogP contribution is 2.50. The third-order valence-corrected chi connectivity index (χ3v) is 4.45. The van der Waals surface area contributed by atoms with Crippen LogP contribution >= 0.6 is 0 Å². The molecule has 0 aromatic rings. The highest BCUT2D eigenvalue weighted by Gasteiger charge is 2.41. The van der Waals surface area contributed by atoms with E-state index < -0.39 is 0 Å². The van der Waals surface area contributed by atoms with Crippen molar-refractivity contribution in [2.75, 3.05) is 0 Å². The second kappa shape index (κ2) is 4.15. The van der Waals surface area contributed by atoms with Gasteiger partial charge >= 0.3 is 5.97 Å². The molecule has 2 rings (SSSR count). The quantitative estimate of drug-likeness (QED) is 0.621. The fraction of sp³-hybridized carbons (Fsp3) is 0.923. The fourth-order valence-electron chi connectivity index (χ4n) is 3.47. The van der Waals surface area contributed by atoms with Crippen molar-refractivity contribution in [3.8, 4) is 0 Å². The van der Waals surface area contributed by atoms with E-state index in [9.17, 15) is 4.79 Å². The van der Waals surface area contributed by atoms with Crippen LogP contribution in [-0.2, 0) is 9.53 Å². The summed E-state index contributed by atoms with van der Waals surface area (Å²) in [5.74, 6) is 0.684. The first-order chi connectivity index (χ1) is 7.10. The Labute approximate surface area is 92.4 Å². The van der Waals surface area contributed by atoms with Crippen LogP contribution in [0.5, 0.6) is 0 Å². The Morgan fingerprint density at radius 2 is 2.07 bits per heavy atom. The van der Waals surface area contributed by atoms with Crippen molar-refractivity contribution >= 4 is 5.97 Å². The van der Waals surface area contributed by atoms with E-state index in [1.165, 1.54) is 39.0 Å². The van der Waals surface area contributed by atoms with E-state index in [2.05, 4.69) is 6.92 Å². The van der Waals surface area contributed by atoms with Crippen LogP contribution in [0.3, 0.4) is 0 Å². The molecular formula is C13H22O2. The predicted molar refractivity (Wildman–Crippen MR) is 59.5 cm³/mol. The van der Waals surface area contributed by atoms with E-state index in [-0.39, 0.29) is 12.1 Å². The van der Waals surface area contributed by atoms with E-state index in [1.807, 2.05) is 0 Å². The predicted octanol–water partition coefficient (Wildman–Crippen LogP) is 3.30. The van der Waals surface area contributed by atoms with Gasteiger partial charge in [0.05, 0.1) is 0 Å². The Balaban J connectivity index is 1.95. The largest absolute Gasteiger partial charge is 0.463 e. The Bertz CT molecular complexity index is 249. The molecule has 15 heavy (non-hydrogen) atoms. The summed E-state index contributed by atoms with van der Waals surface area (Å²) in [4.78, 5) is 10.9. The summed E-state index contributed by atoms with van der Waals surface area (Å²) in [7, 11) is 0. The molecule has 2 saturated carbocycles. The second-order valence-electron chi connectivity index (χ2n) is 5.60. The number of carbonyl (C=O) groups is 1. The van der Waals surface area contributed by atoms with Crippen LogP contribution in [0.1, 0.15) is 58.8 Å². The van der Waals surface area contributed by atoms with Gasteiger partial charge in [-0.15, -0.1) is 0 Å². The molecule has 86 valence electrons. The van der Waals surface area contributed by atoms with Gasteiger partial charge in [-0.25, -0.2) is 0 Å². The molecule has 2 aliphatic rings. The Morgan fingerprint density at radius 1 is 1.27 bits per heavy atom. The molecule has 0 spiro atoms. The van der Waals surface area contributed by atoms with Gasteiger partial charge in [-0.1, -0.05) is 19.8 Å². The van der Waals surface area contributed by atoms with Crippen LogP contribution in [0.25, 0.3) is 0 Å². The maximum Gasteiger partial charge on any atom is 0.302 e.